The first kappa shape index (κ1) is 23.0. The van der Waals surface area contributed by atoms with Gasteiger partial charge in [-0.05, 0) is 60.3 Å². The summed E-state index contributed by atoms with van der Waals surface area (Å²) in [6, 6.07) is 0. The van der Waals surface area contributed by atoms with E-state index in [0.29, 0.717) is 12.5 Å². The fourth-order valence-corrected chi connectivity index (χ4v) is 3.43. The van der Waals surface area contributed by atoms with Gasteiger partial charge in [-0.25, -0.2) is 9.79 Å². The zero-order valence-electron chi connectivity index (χ0n) is 19.1. The maximum Gasteiger partial charge on any atom is 0.410 e. The second-order valence-corrected chi connectivity index (χ2v) is 8.76. The minimum atomic E-state index is -0.447. The molecule has 1 saturated heterocycles. The molecule has 2 N–H and O–H groups in total. The van der Waals surface area contributed by atoms with Crippen molar-refractivity contribution in [3.05, 3.63) is 17.0 Å². The van der Waals surface area contributed by atoms with Crippen LogP contribution >= 0.6 is 0 Å². The van der Waals surface area contributed by atoms with Gasteiger partial charge < -0.3 is 20.3 Å². The van der Waals surface area contributed by atoms with Gasteiger partial charge in [-0.2, -0.15) is 5.10 Å². The number of guanidine groups is 1. The molecule has 1 aromatic rings. The second-order valence-electron chi connectivity index (χ2n) is 8.76. The van der Waals surface area contributed by atoms with Gasteiger partial charge in [0.1, 0.15) is 5.60 Å². The minimum absolute atomic E-state index is 0.207. The Balaban J connectivity index is 1.84. The summed E-state index contributed by atoms with van der Waals surface area (Å²) in [5.74, 6) is 1.34. The molecule has 0 bridgehead atoms. The average molecular weight is 407 g/mol. The number of amides is 1. The maximum absolute atomic E-state index is 12.2. The number of hydrogen-bond acceptors (Lipinski definition) is 4. The predicted octanol–water partition coefficient (Wildman–Crippen LogP) is 2.74. The molecular weight excluding hydrogens is 368 g/mol. The minimum Gasteiger partial charge on any atom is -0.444 e. The quantitative estimate of drug-likeness (QED) is 0.580. The number of ether oxygens (including phenoxy) is 1. The summed E-state index contributed by atoms with van der Waals surface area (Å²) in [7, 11) is 1.96. The van der Waals surface area contributed by atoms with E-state index in [4.69, 9.17) is 9.73 Å². The Morgan fingerprint density at radius 3 is 2.41 bits per heavy atom. The van der Waals surface area contributed by atoms with E-state index in [1.807, 2.05) is 44.3 Å². The zero-order valence-corrected chi connectivity index (χ0v) is 19.1. The van der Waals surface area contributed by atoms with Gasteiger partial charge in [0.15, 0.2) is 5.96 Å². The Hall–Kier alpha value is -2.25. The van der Waals surface area contributed by atoms with Gasteiger partial charge in [0.25, 0.3) is 0 Å². The summed E-state index contributed by atoms with van der Waals surface area (Å²) in [4.78, 5) is 18.8. The molecule has 0 atom stereocenters. The molecule has 1 amide bonds. The number of rotatable bonds is 5. The summed E-state index contributed by atoms with van der Waals surface area (Å²) >= 11 is 0. The smallest absolute Gasteiger partial charge is 0.410 e. The lowest BCUT2D eigenvalue weighted by molar-refractivity contribution is 0.0185. The highest BCUT2D eigenvalue weighted by atomic mass is 16.6. The molecule has 1 aliphatic heterocycles. The van der Waals surface area contributed by atoms with Crippen LogP contribution in [-0.4, -0.2) is 58.5 Å². The van der Waals surface area contributed by atoms with E-state index in [0.717, 1.165) is 56.4 Å². The summed E-state index contributed by atoms with van der Waals surface area (Å²) in [6.45, 7) is 15.6. The molecule has 0 unspecified atom stereocenters. The lowest BCUT2D eigenvalue weighted by atomic mass is 9.97. The molecule has 8 nitrogen and oxygen atoms in total. The molecule has 0 saturated carbocycles. The van der Waals surface area contributed by atoms with E-state index >= 15 is 0 Å². The van der Waals surface area contributed by atoms with Crippen molar-refractivity contribution in [1.82, 2.24) is 25.3 Å². The third-order valence-electron chi connectivity index (χ3n) is 5.22. The van der Waals surface area contributed by atoms with E-state index in [1.54, 1.807) is 0 Å². The van der Waals surface area contributed by atoms with Crippen molar-refractivity contribution in [1.29, 1.82) is 0 Å². The second kappa shape index (κ2) is 9.98. The molecule has 0 radical (unpaired) electrons. The molecule has 0 spiro atoms. The van der Waals surface area contributed by atoms with Crippen LogP contribution < -0.4 is 10.6 Å². The van der Waals surface area contributed by atoms with Crippen LogP contribution in [0.5, 0.6) is 0 Å². The van der Waals surface area contributed by atoms with Crippen molar-refractivity contribution in [2.24, 2.45) is 18.0 Å². The van der Waals surface area contributed by atoms with Crippen molar-refractivity contribution in [2.75, 3.05) is 26.2 Å². The van der Waals surface area contributed by atoms with Crippen molar-refractivity contribution in [3.8, 4) is 0 Å². The van der Waals surface area contributed by atoms with Gasteiger partial charge in [0.05, 0.1) is 12.2 Å². The molecule has 29 heavy (non-hydrogen) atoms. The SMILES string of the molecule is CCNC(=NCc1c(C)nn(C)c1C)NCC1CCN(C(=O)OC(C)(C)C)CC1. The number of carbonyl (C=O) groups is 1. The average Bonchev–Trinajstić information content (AvgIpc) is 2.88. The summed E-state index contributed by atoms with van der Waals surface area (Å²) in [5, 5.41) is 11.2. The third kappa shape index (κ3) is 6.94. The van der Waals surface area contributed by atoms with Crippen LogP contribution in [-0.2, 0) is 18.3 Å². The fraction of sp³-hybridized carbons (Fsp3) is 0.762. The Labute approximate surface area is 175 Å². The summed E-state index contributed by atoms with van der Waals surface area (Å²) in [6.07, 6.45) is 1.72. The van der Waals surface area contributed by atoms with Crippen LogP contribution in [0, 0.1) is 19.8 Å². The number of piperidine rings is 1. The molecular formula is C21H38N6O2. The number of aryl methyl sites for hydroxylation is 2. The van der Waals surface area contributed by atoms with Gasteiger partial charge in [-0.15, -0.1) is 0 Å². The zero-order chi connectivity index (χ0) is 21.6. The fourth-order valence-electron chi connectivity index (χ4n) is 3.43. The number of hydrogen-bond donors (Lipinski definition) is 2. The van der Waals surface area contributed by atoms with E-state index in [2.05, 4.69) is 29.6 Å². The van der Waals surface area contributed by atoms with Crippen LogP contribution in [0.4, 0.5) is 4.79 Å². The first-order chi connectivity index (χ1) is 13.6. The lowest BCUT2D eigenvalue weighted by Crippen LogP contribution is -2.45. The summed E-state index contributed by atoms with van der Waals surface area (Å²) < 4.78 is 7.37. The highest BCUT2D eigenvalue weighted by Crippen LogP contribution is 2.19. The van der Waals surface area contributed by atoms with E-state index in [-0.39, 0.29) is 6.09 Å². The maximum atomic E-state index is 12.2. The topological polar surface area (TPSA) is 83.8 Å². The van der Waals surface area contributed by atoms with Crippen molar-refractivity contribution in [3.63, 3.8) is 0 Å². The monoisotopic (exact) mass is 406 g/mol. The van der Waals surface area contributed by atoms with Crippen LogP contribution in [0.15, 0.2) is 4.99 Å². The van der Waals surface area contributed by atoms with Crippen molar-refractivity contribution >= 4 is 12.1 Å². The number of likely N-dealkylation sites (tertiary alicyclic amines) is 1. The van der Waals surface area contributed by atoms with Gasteiger partial charge in [0, 0.05) is 44.5 Å². The van der Waals surface area contributed by atoms with E-state index in [1.165, 1.54) is 5.56 Å². The number of nitrogens with one attached hydrogen (secondary N) is 2. The Morgan fingerprint density at radius 1 is 1.24 bits per heavy atom. The van der Waals surface area contributed by atoms with Crippen LogP contribution in [0.3, 0.4) is 0 Å². The van der Waals surface area contributed by atoms with Crippen LogP contribution in [0.2, 0.25) is 0 Å². The lowest BCUT2D eigenvalue weighted by Gasteiger charge is -2.33. The third-order valence-corrected chi connectivity index (χ3v) is 5.22. The number of nitrogens with zero attached hydrogens (tertiary/aromatic N) is 4. The Morgan fingerprint density at radius 2 is 1.90 bits per heavy atom. The molecule has 1 fully saturated rings. The van der Waals surface area contributed by atoms with Crippen molar-refractivity contribution < 1.29 is 9.53 Å². The Kier molecular flexibility index (Phi) is 7.93. The number of aliphatic imine (C=N–C) groups is 1. The number of aromatic nitrogens is 2. The molecule has 2 heterocycles. The van der Waals surface area contributed by atoms with Crippen LogP contribution in [0.25, 0.3) is 0 Å². The molecule has 1 aliphatic rings. The molecule has 0 aliphatic carbocycles. The van der Waals surface area contributed by atoms with E-state index < -0.39 is 5.60 Å². The van der Waals surface area contributed by atoms with Crippen LogP contribution in [0.1, 0.15) is 57.5 Å². The van der Waals surface area contributed by atoms with Gasteiger partial charge in [-0.1, -0.05) is 0 Å². The van der Waals surface area contributed by atoms with Gasteiger partial charge in [-0.3, -0.25) is 4.68 Å². The molecule has 2 rings (SSSR count). The molecule has 0 aromatic carbocycles. The molecule has 8 heteroatoms. The first-order valence-corrected chi connectivity index (χ1v) is 10.6. The Bertz CT molecular complexity index is 711. The highest BCUT2D eigenvalue weighted by molar-refractivity contribution is 5.79. The van der Waals surface area contributed by atoms with E-state index in [9.17, 15) is 4.79 Å². The van der Waals surface area contributed by atoms with Gasteiger partial charge >= 0.3 is 6.09 Å². The summed E-state index contributed by atoms with van der Waals surface area (Å²) in [5.41, 5.74) is 2.91. The number of carbonyl (C=O) groups excluding carboxylic acids is 1. The normalized spacial score (nSPS) is 16.1. The largest absolute Gasteiger partial charge is 0.444 e. The standard InChI is InChI=1S/C21H38N6O2/c1-8-22-19(24-14-18-15(2)25-26(7)16(18)3)23-13-17-9-11-27(12-10-17)20(28)29-21(4,5)6/h17H,8-14H2,1-7H3,(H2,22,23,24). The van der Waals surface area contributed by atoms with Gasteiger partial charge in [0.2, 0.25) is 0 Å². The highest BCUT2D eigenvalue weighted by Gasteiger charge is 2.26. The molecule has 1 aromatic heterocycles. The predicted molar refractivity (Wildman–Crippen MR) is 116 cm³/mol. The molecule has 164 valence electrons. The van der Waals surface area contributed by atoms with Crippen molar-refractivity contribution in [2.45, 2.75) is 66.5 Å². The first-order valence-electron chi connectivity index (χ1n) is 10.6.